The number of benzene rings is 2. The number of nitrogens with one attached hydrogen (secondary N) is 1. The van der Waals surface area contributed by atoms with E-state index in [0.717, 1.165) is 18.4 Å². The Kier molecular flexibility index (Phi) is 3.93. The van der Waals surface area contributed by atoms with E-state index in [4.69, 9.17) is 23.2 Å². The topological polar surface area (TPSA) is 69.7 Å². The maximum absolute atomic E-state index is 13.8. The van der Waals surface area contributed by atoms with Crippen molar-refractivity contribution in [3.63, 3.8) is 0 Å². The molecule has 6 rings (SSSR count). The molecule has 2 aromatic rings. The molecule has 0 aromatic heterocycles. The summed E-state index contributed by atoms with van der Waals surface area (Å²) in [5.74, 6) is -2.19. The zero-order valence-electron chi connectivity index (χ0n) is 16.7. The second-order valence-electron chi connectivity index (χ2n) is 8.76. The number of anilines is 2. The van der Waals surface area contributed by atoms with Crippen molar-refractivity contribution in [2.24, 2.45) is 11.8 Å². The maximum Gasteiger partial charge on any atom is 0.250 e. The monoisotopic (exact) mass is 455 g/mol. The number of fused-ring (bicyclic) bond motifs is 7. The van der Waals surface area contributed by atoms with Gasteiger partial charge in [-0.3, -0.25) is 19.3 Å². The van der Waals surface area contributed by atoms with E-state index in [2.05, 4.69) is 10.2 Å². The molecule has 0 radical (unpaired) electrons. The van der Waals surface area contributed by atoms with Gasteiger partial charge in [-0.1, -0.05) is 23.2 Å². The largest absolute Gasteiger partial charge is 0.324 e. The first-order valence-electron chi connectivity index (χ1n) is 10.4. The Balaban J connectivity index is 1.57. The van der Waals surface area contributed by atoms with Gasteiger partial charge in [-0.2, -0.15) is 0 Å². The van der Waals surface area contributed by atoms with Crippen molar-refractivity contribution in [1.29, 1.82) is 0 Å². The Bertz CT molecular complexity index is 1180. The van der Waals surface area contributed by atoms with Gasteiger partial charge in [0.15, 0.2) is 0 Å². The van der Waals surface area contributed by atoms with Gasteiger partial charge >= 0.3 is 0 Å². The van der Waals surface area contributed by atoms with Gasteiger partial charge < -0.3 is 5.32 Å². The fraction of sp³-hybridized carbons (Fsp3) is 0.348. The van der Waals surface area contributed by atoms with Gasteiger partial charge in [-0.15, -0.1) is 0 Å². The summed E-state index contributed by atoms with van der Waals surface area (Å²) in [6, 6.07) is 10.1. The van der Waals surface area contributed by atoms with Crippen LogP contribution in [0.5, 0.6) is 0 Å². The predicted octanol–water partition coefficient (Wildman–Crippen LogP) is 3.73. The van der Waals surface area contributed by atoms with Crippen LogP contribution < -0.4 is 10.2 Å². The van der Waals surface area contributed by atoms with E-state index in [0.29, 0.717) is 33.5 Å². The lowest BCUT2D eigenvalue weighted by molar-refractivity contribution is -0.135. The smallest absolute Gasteiger partial charge is 0.250 e. The standard InChI is InChI=1S/C23H19Cl2N3O3/c1-11-9-13(25)10-15-19(11)26-22(31)23(15)18-17(16-3-2-8-27(16)23)20(29)28(21(18)30)14-6-4-12(24)5-7-14/h4-7,9-10,16-18H,2-3,8H2,1H3,(H,26,31)/t16-,17-,18-,23-/m0/s1. The Morgan fingerprint density at radius 2 is 1.77 bits per heavy atom. The highest BCUT2D eigenvalue weighted by atomic mass is 35.5. The Morgan fingerprint density at radius 3 is 2.52 bits per heavy atom. The summed E-state index contributed by atoms with van der Waals surface area (Å²) in [6.45, 7) is 2.55. The van der Waals surface area contributed by atoms with Crippen molar-refractivity contribution in [1.82, 2.24) is 4.90 Å². The molecule has 4 atom stereocenters. The minimum Gasteiger partial charge on any atom is -0.324 e. The van der Waals surface area contributed by atoms with Gasteiger partial charge in [0.05, 0.1) is 17.5 Å². The van der Waals surface area contributed by atoms with E-state index in [-0.39, 0.29) is 23.8 Å². The van der Waals surface area contributed by atoms with Gasteiger partial charge in [0.1, 0.15) is 5.54 Å². The molecule has 0 unspecified atom stereocenters. The molecule has 31 heavy (non-hydrogen) atoms. The van der Waals surface area contributed by atoms with Crippen LogP contribution in [0.15, 0.2) is 36.4 Å². The molecule has 4 heterocycles. The molecule has 4 aliphatic rings. The van der Waals surface area contributed by atoms with Gasteiger partial charge in [0.25, 0.3) is 0 Å². The van der Waals surface area contributed by atoms with Crippen molar-refractivity contribution in [2.75, 3.05) is 16.8 Å². The third kappa shape index (κ3) is 2.25. The van der Waals surface area contributed by atoms with Gasteiger partial charge in [0, 0.05) is 27.3 Å². The Morgan fingerprint density at radius 1 is 1.03 bits per heavy atom. The zero-order chi connectivity index (χ0) is 21.7. The molecular formula is C23H19Cl2N3O3. The third-order valence-electron chi connectivity index (χ3n) is 7.35. The van der Waals surface area contributed by atoms with Crippen LogP contribution in [-0.4, -0.2) is 35.2 Å². The van der Waals surface area contributed by atoms with Crippen LogP contribution in [0, 0.1) is 18.8 Å². The summed E-state index contributed by atoms with van der Waals surface area (Å²) >= 11 is 12.4. The lowest BCUT2D eigenvalue weighted by atomic mass is 9.75. The number of hydrogen-bond acceptors (Lipinski definition) is 4. The number of hydrogen-bond donors (Lipinski definition) is 1. The van der Waals surface area contributed by atoms with E-state index in [1.165, 1.54) is 4.90 Å². The number of amides is 3. The van der Waals surface area contributed by atoms with E-state index < -0.39 is 17.4 Å². The molecule has 3 amide bonds. The molecule has 1 N–H and O–H groups in total. The first kappa shape index (κ1) is 19.3. The first-order chi connectivity index (χ1) is 14.9. The van der Waals surface area contributed by atoms with Crippen LogP contribution in [0.2, 0.25) is 10.0 Å². The van der Waals surface area contributed by atoms with E-state index in [9.17, 15) is 14.4 Å². The molecule has 2 aromatic carbocycles. The summed E-state index contributed by atoms with van der Waals surface area (Å²) in [5, 5.41) is 4.05. The highest BCUT2D eigenvalue weighted by Crippen LogP contribution is 2.61. The third-order valence-corrected chi connectivity index (χ3v) is 7.82. The summed E-state index contributed by atoms with van der Waals surface area (Å²) in [4.78, 5) is 44.4. The fourth-order valence-electron chi connectivity index (χ4n) is 6.28. The van der Waals surface area contributed by atoms with Crippen molar-refractivity contribution in [2.45, 2.75) is 31.3 Å². The van der Waals surface area contributed by atoms with E-state index in [1.807, 2.05) is 6.92 Å². The minimum absolute atomic E-state index is 0.158. The van der Waals surface area contributed by atoms with Crippen molar-refractivity contribution >= 4 is 52.3 Å². The molecular weight excluding hydrogens is 437 g/mol. The normalized spacial score (nSPS) is 31.4. The average molecular weight is 456 g/mol. The molecule has 158 valence electrons. The number of imide groups is 1. The van der Waals surface area contributed by atoms with Crippen molar-refractivity contribution in [3.05, 3.63) is 57.6 Å². The molecule has 0 bridgehead atoms. The van der Waals surface area contributed by atoms with Gasteiger partial charge in [-0.25, -0.2) is 4.90 Å². The summed E-state index contributed by atoms with van der Waals surface area (Å²) in [7, 11) is 0. The van der Waals surface area contributed by atoms with Gasteiger partial charge in [0.2, 0.25) is 17.7 Å². The lowest BCUT2D eigenvalue weighted by Gasteiger charge is -2.36. The predicted molar refractivity (Wildman–Crippen MR) is 117 cm³/mol. The van der Waals surface area contributed by atoms with Crippen LogP contribution in [0.4, 0.5) is 11.4 Å². The second-order valence-corrected chi connectivity index (χ2v) is 9.63. The summed E-state index contributed by atoms with van der Waals surface area (Å²) in [5.41, 5.74) is 1.52. The summed E-state index contributed by atoms with van der Waals surface area (Å²) in [6.07, 6.45) is 1.65. The molecule has 8 heteroatoms. The van der Waals surface area contributed by atoms with Crippen LogP contribution in [0.25, 0.3) is 0 Å². The highest BCUT2D eigenvalue weighted by Gasteiger charge is 2.74. The van der Waals surface area contributed by atoms with Gasteiger partial charge in [-0.05, 0) is 68.3 Å². The maximum atomic E-state index is 13.8. The average Bonchev–Trinajstić information content (AvgIpc) is 3.42. The molecule has 1 spiro atoms. The first-order valence-corrected chi connectivity index (χ1v) is 11.1. The molecule has 4 aliphatic heterocycles. The minimum atomic E-state index is -1.22. The fourth-order valence-corrected chi connectivity index (χ4v) is 6.68. The number of carbonyl (C=O) groups is 3. The zero-order valence-corrected chi connectivity index (χ0v) is 18.2. The molecule has 6 nitrogen and oxygen atoms in total. The van der Waals surface area contributed by atoms with E-state index in [1.54, 1.807) is 36.4 Å². The molecule has 3 fully saturated rings. The van der Waals surface area contributed by atoms with Crippen LogP contribution >= 0.6 is 23.2 Å². The number of nitrogens with zero attached hydrogens (tertiary/aromatic N) is 2. The number of carbonyl (C=O) groups excluding carboxylic acids is 3. The highest BCUT2D eigenvalue weighted by molar-refractivity contribution is 6.32. The summed E-state index contributed by atoms with van der Waals surface area (Å²) < 4.78 is 0. The number of aryl methyl sites for hydroxylation is 1. The van der Waals surface area contributed by atoms with Crippen LogP contribution in [0.1, 0.15) is 24.0 Å². The Labute approximate surface area is 189 Å². The molecule has 3 saturated heterocycles. The number of halogens is 2. The van der Waals surface area contributed by atoms with Crippen LogP contribution in [-0.2, 0) is 19.9 Å². The Hall–Kier alpha value is -2.41. The molecule has 0 aliphatic carbocycles. The van der Waals surface area contributed by atoms with E-state index >= 15 is 0 Å². The van der Waals surface area contributed by atoms with Crippen molar-refractivity contribution in [3.8, 4) is 0 Å². The van der Waals surface area contributed by atoms with Crippen LogP contribution in [0.3, 0.4) is 0 Å². The quantitative estimate of drug-likeness (QED) is 0.665. The SMILES string of the molecule is Cc1cc(Cl)cc2c1NC(=O)[C@@]21[C@@H]2C(=O)N(c3ccc(Cl)cc3)C(=O)[C@H]2[C@@H]2CCCN21. The van der Waals surface area contributed by atoms with Crippen molar-refractivity contribution < 1.29 is 14.4 Å². The number of rotatable bonds is 1. The lowest BCUT2D eigenvalue weighted by Crippen LogP contribution is -2.54. The molecule has 0 saturated carbocycles. The second kappa shape index (κ2) is 6.31.